The zero-order valence-corrected chi connectivity index (χ0v) is 10.5. The van der Waals surface area contributed by atoms with Gasteiger partial charge in [0, 0.05) is 24.8 Å². The average molecular weight is 238 g/mol. The summed E-state index contributed by atoms with van der Waals surface area (Å²) in [7, 11) is 2.14. The molecule has 0 N–H and O–H groups in total. The molecule has 0 aliphatic carbocycles. The van der Waals surface area contributed by atoms with E-state index in [1.807, 2.05) is 24.4 Å². The molecule has 0 amide bonds. The fourth-order valence-electron chi connectivity index (χ4n) is 2.27. The van der Waals surface area contributed by atoms with Crippen LogP contribution in [-0.4, -0.2) is 30.0 Å². The number of hydrogen-bond donors (Lipinski definition) is 0. The van der Waals surface area contributed by atoms with Gasteiger partial charge in [0.2, 0.25) is 0 Å². The lowest BCUT2D eigenvalue weighted by Gasteiger charge is -2.13. The highest BCUT2D eigenvalue weighted by molar-refractivity contribution is 5.64. The molecule has 0 atom stereocenters. The molecule has 1 aromatic heterocycles. The Bertz CT molecular complexity index is 537. The molecule has 0 bridgehead atoms. The summed E-state index contributed by atoms with van der Waals surface area (Å²) >= 11 is 0. The molecule has 18 heavy (non-hydrogen) atoms. The van der Waals surface area contributed by atoms with Crippen molar-refractivity contribution in [3.8, 4) is 11.3 Å². The van der Waals surface area contributed by atoms with Crippen molar-refractivity contribution in [2.24, 2.45) is 0 Å². The summed E-state index contributed by atoms with van der Waals surface area (Å²) < 4.78 is 0. The molecule has 1 aromatic carbocycles. The van der Waals surface area contributed by atoms with Gasteiger partial charge in [-0.3, -0.25) is 10.3 Å². The lowest BCUT2D eigenvalue weighted by atomic mass is 10.1. The van der Waals surface area contributed by atoms with Crippen LogP contribution in [0.15, 0.2) is 42.6 Å². The first-order chi connectivity index (χ1) is 8.83. The summed E-state index contributed by atoms with van der Waals surface area (Å²) in [5, 5.41) is 4.61. The summed E-state index contributed by atoms with van der Waals surface area (Å²) in [6.07, 6.45) is 1.83. The molecule has 0 saturated carbocycles. The SMILES string of the molecule is CN1CC[N]c2ccc(-c3ccccn3)cc2C1. The van der Waals surface area contributed by atoms with E-state index in [4.69, 9.17) is 0 Å². The van der Waals surface area contributed by atoms with Crippen LogP contribution in [0, 0.1) is 0 Å². The van der Waals surface area contributed by atoms with E-state index in [0.717, 1.165) is 31.0 Å². The van der Waals surface area contributed by atoms with Gasteiger partial charge in [-0.1, -0.05) is 12.1 Å². The highest BCUT2D eigenvalue weighted by Gasteiger charge is 2.13. The van der Waals surface area contributed by atoms with Crippen LogP contribution < -0.4 is 5.32 Å². The van der Waals surface area contributed by atoms with E-state index >= 15 is 0 Å². The van der Waals surface area contributed by atoms with Gasteiger partial charge < -0.3 is 4.90 Å². The minimum absolute atomic E-state index is 0.881. The van der Waals surface area contributed by atoms with Crippen molar-refractivity contribution in [2.75, 3.05) is 20.1 Å². The summed E-state index contributed by atoms with van der Waals surface area (Å²) in [4.78, 5) is 6.70. The van der Waals surface area contributed by atoms with Crippen molar-refractivity contribution < 1.29 is 0 Å². The van der Waals surface area contributed by atoms with Gasteiger partial charge in [0.05, 0.1) is 17.9 Å². The van der Waals surface area contributed by atoms with E-state index in [2.05, 4.69) is 40.4 Å². The number of hydrogen-bond acceptors (Lipinski definition) is 2. The molecule has 1 radical (unpaired) electrons. The van der Waals surface area contributed by atoms with E-state index < -0.39 is 0 Å². The summed E-state index contributed by atoms with van der Waals surface area (Å²) in [6, 6.07) is 12.4. The number of pyridine rings is 1. The van der Waals surface area contributed by atoms with E-state index in [-0.39, 0.29) is 0 Å². The third-order valence-corrected chi connectivity index (χ3v) is 3.24. The molecule has 2 aromatic rings. The van der Waals surface area contributed by atoms with Crippen molar-refractivity contribution in [1.29, 1.82) is 0 Å². The third kappa shape index (κ3) is 2.22. The molecule has 0 unspecified atom stereocenters. The van der Waals surface area contributed by atoms with Crippen molar-refractivity contribution in [2.45, 2.75) is 6.54 Å². The summed E-state index contributed by atoms with van der Waals surface area (Å²) in [6.45, 7) is 2.86. The van der Waals surface area contributed by atoms with E-state index in [1.165, 1.54) is 11.1 Å². The van der Waals surface area contributed by atoms with Crippen LogP contribution in [0.4, 0.5) is 5.69 Å². The molecule has 1 aliphatic rings. The van der Waals surface area contributed by atoms with Gasteiger partial charge in [-0.2, -0.15) is 0 Å². The maximum atomic E-state index is 4.61. The molecule has 2 heterocycles. The topological polar surface area (TPSA) is 30.2 Å². The maximum Gasteiger partial charge on any atom is 0.0702 e. The molecule has 0 fully saturated rings. The van der Waals surface area contributed by atoms with Gasteiger partial charge in [0.15, 0.2) is 0 Å². The van der Waals surface area contributed by atoms with Gasteiger partial charge in [-0.15, -0.1) is 0 Å². The maximum absolute atomic E-state index is 4.61. The smallest absolute Gasteiger partial charge is 0.0702 e. The van der Waals surface area contributed by atoms with Crippen LogP contribution in [0.3, 0.4) is 0 Å². The van der Waals surface area contributed by atoms with Gasteiger partial charge in [-0.25, -0.2) is 0 Å². The van der Waals surface area contributed by atoms with Gasteiger partial charge in [0.25, 0.3) is 0 Å². The van der Waals surface area contributed by atoms with Crippen LogP contribution in [0.2, 0.25) is 0 Å². The largest absolute Gasteiger partial charge is 0.300 e. The van der Waals surface area contributed by atoms with Crippen LogP contribution in [-0.2, 0) is 6.54 Å². The Labute approximate surface area is 107 Å². The molecule has 91 valence electrons. The Morgan fingerprint density at radius 3 is 2.94 bits per heavy atom. The minimum atomic E-state index is 0.881. The van der Waals surface area contributed by atoms with Gasteiger partial charge in [-0.05, 0) is 36.9 Å². The summed E-state index contributed by atoms with van der Waals surface area (Å²) in [5.41, 5.74) is 4.60. The first kappa shape index (κ1) is 11.2. The normalized spacial score (nSPS) is 15.6. The number of aromatic nitrogens is 1. The van der Waals surface area contributed by atoms with Gasteiger partial charge in [0.1, 0.15) is 0 Å². The number of benzene rings is 1. The zero-order valence-electron chi connectivity index (χ0n) is 10.5. The average Bonchev–Trinajstić information content (AvgIpc) is 2.59. The van der Waals surface area contributed by atoms with E-state index in [9.17, 15) is 0 Å². The number of fused-ring (bicyclic) bond motifs is 1. The first-order valence-electron chi connectivity index (χ1n) is 6.23. The van der Waals surface area contributed by atoms with Crippen molar-refractivity contribution >= 4 is 5.69 Å². The number of nitrogens with zero attached hydrogens (tertiary/aromatic N) is 3. The van der Waals surface area contributed by atoms with Crippen molar-refractivity contribution in [3.05, 3.63) is 48.2 Å². The standard InChI is InChI=1S/C15H16N3/c1-18-9-8-17-15-6-5-12(10-13(15)11-18)14-4-2-3-7-16-14/h2-7,10H,8-9,11H2,1H3. The zero-order chi connectivity index (χ0) is 12.4. The highest BCUT2D eigenvalue weighted by atomic mass is 15.1. The van der Waals surface area contributed by atoms with Crippen LogP contribution in [0.5, 0.6) is 0 Å². The predicted octanol–water partition coefficient (Wildman–Crippen LogP) is 2.43. The third-order valence-electron chi connectivity index (χ3n) is 3.24. The fourth-order valence-corrected chi connectivity index (χ4v) is 2.27. The van der Waals surface area contributed by atoms with E-state index in [0.29, 0.717) is 0 Å². The molecular formula is C15H16N3. The Morgan fingerprint density at radius 1 is 1.17 bits per heavy atom. The second-order valence-corrected chi connectivity index (χ2v) is 4.68. The van der Waals surface area contributed by atoms with Crippen LogP contribution >= 0.6 is 0 Å². The predicted molar refractivity (Wildman–Crippen MR) is 72.7 cm³/mol. The molecule has 3 rings (SSSR count). The quantitative estimate of drug-likeness (QED) is 0.764. The number of rotatable bonds is 1. The Kier molecular flexibility index (Phi) is 2.99. The summed E-state index contributed by atoms with van der Waals surface area (Å²) in [5.74, 6) is 0. The molecule has 0 saturated heterocycles. The van der Waals surface area contributed by atoms with Gasteiger partial charge >= 0.3 is 0 Å². The highest BCUT2D eigenvalue weighted by Crippen LogP contribution is 2.26. The Morgan fingerprint density at radius 2 is 2.11 bits per heavy atom. The fraction of sp³-hybridized carbons (Fsp3) is 0.267. The second kappa shape index (κ2) is 4.78. The van der Waals surface area contributed by atoms with Crippen molar-refractivity contribution in [1.82, 2.24) is 15.2 Å². The number of likely N-dealkylation sites (N-methyl/N-ethyl adjacent to an activating group) is 1. The first-order valence-corrected chi connectivity index (χ1v) is 6.23. The van der Waals surface area contributed by atoms with Crippen molar-refractivity contribution in [3.63, 3.8) is 0 Å². The molecule has 3 nitrogen and oxygen atoms in total. The molecular weight excluding hydrogens is 222 g/mol. The van der Waals surface area contributed by atoms with Crippen LogP contribution in [0.25, 0.3) is 11.3 Å². The molecule has 0 spiro atoms. The van der Waals surface area contributed by atoms with E-state index in [1.54, 1.807) is 0 Å². The Hall–Kier alpha value is -1.87. The minimum Gasteiger partial charge on any atom is -0.300 e. The lowest BCUT2D eigenvalue weighted by molar-refractivity contribution is 0.340. The lowest BCUT2D eigenvalue weighted by Crippen LogP contribution is -2.20. The molecule has 1 aliphatic heterocycles. The molecule has 3 heteroatoms. The van der Waals surface area contributed by atoms with Crippen LogP contribution in [0.1, 0.15) is 5.56 Å². The monoisotopic (exact) mass is 238 g/mol. The second-order valence-electron chi connectivity index (χ2n) is 4.68. The Balaban J connectivity index is 2.00.